The van der Waals surface area contributed by atoms with Crippen molar-refractivity contribution in [2.75, 3.05) is 18.8 Å². The number of carbonyl (C=O) groups is 1. The van der Waals surface area contributed by atoms with Crippen LogP contribution in [-0.2, 0) is 21.3 Å². The quantitative estimate of drug-likeness (QED) is 0.851. The molecule has 0 radical (unpaired) electrons. The van der Waals surface area contributed by atoms with E-state index in [1.165, 1.54) is 11.3 Å². The molecule has 0 aliphatic carbocycles. The fourth-order valence-electron chi connectivity index (χ4n) is 2.25. The Bertz CT molecular complexity index is 497. The SMILES string of the molecule is CC(C)(C)OC(=O)N1CC[C@@H](C[S@](=O)Cc2cncs2)C1. The lowest BCUT2D eigenvalue weighted by Crippen LogP contribution is -2.35. The predicted molar refractivity (Wildman–Crippen MR) is 84.7 cm³/mol. The van der Waals surface area contributed by atoms with Crippen molar-refractivity contribution in [1.29, 1.82) is 0 Å². The van der Waals surface area contributed by atoms with Crippen molar-refractivity contribution >= 4 is 28.2 Å². The molecular formula is C14H22N2O3S2. The van der Waals surface area contributed by atoms with Crippen molar-refractivity contribution in [2.45, 2.75) is 38.5 Å². The Morgan fingerprint density at radius 1 is 1.57 bits per heavy atom. The molecule has 7 heteroatoms. The van der Waals surface area contributed by atoms with E-state index in [0.717, 1.165) is 11.3 Å². The van der Waals surface area contributed by atoms with E-state index in [0.29, 0.717) is 30.5 Å². The van der Waals surface area contributed by atoms with Crippen LogP contribution in [0, 0.1) is 5.92 Å². The zero-order valence-corrected chi connectivity index (χ0v) is 14.3. The van der Waals surface area contributed by atoms with E-state index in [4.69, 9.17) is 4.74 Å². The molecule has 1 aliphatic heterocycles. The van der Waals surface area contributed by atoms with E-state index in [1.54, 1.807) is 16.6 Å². The lowest BCUT2D eigenvalue weighted by atomic mass is 10.2. The van der Waals surface area contributed by atoms with Gasteiger partial charge >= 0.3 is 6.09 Å². The maximum absolute atomic E-state index is 12.1. The molecular weight excluding hydrogens is 308 g/mol. The van der Waals surface area contributed by atoms with Crippen molar-refractivity contribution in [2.24, 2.45) is 5.92 Å². The van der Waals surface area contributed by atoms with Gasteiger partial charge in [0.15, 0.2) is 0 Å². The van der Waals surface area contributed by atoms with Gasteiger partial charge in [-0.25, -0.2) is 4.79 Å². The third-order valence-corrected chi connectivity index (χ3v) is 5.58. The average molecular weight is 330 g/mol. The minimum Gasteiger partial charge on any atom is -0.444 e. The third kappa shape index (κ3) is 5.39. The van der Waals surface area contributed by atoms with Crippen LogP contribution in [0.25, 0.3) is 0 Å². The number of carbonyl (C=O) groups excluding carboxylic acids is 1. The number of amides is 1. The summed E-state index contributed by atoms with van der Waals surface area (Å²) < 4.78 is 17.5. The first-order chi connectivity index (χ1) is 9.83. The molecule has 0 unspecified atom stereocenters. The summed E-state index contributed by atoms with van der Waals surface area (Å²) in [5.41, 5.74) is 1.29. The van der Waals surface area contributed by atoms with Gasteiger partial charge in [-0.1, -0.05) is 0 Å². The van der Waals surface area contributed by atoms with Gasteiger partial charge in [-0.3, -0.25) is 9.19 Å². The Morgan fingerprint density at radius 3 is 2.95 bits per heavy atom. The van der Waals surface area contributed by atoms with Crippen LogP contribution >= 0.6 is 11.3 Å². The van der Waals surface area contributed by atoms with Crippen molar-refractivity contribution < 1.29 is 13.7 Å². The second-order valence-corrected chi connectivity index (χ2v) is 8.77. The number of likely N-dealkylation sites (tertiary alicyclic amines) is 1. The maximum Gasteiger partial charge on any atom is 0.410 e. The number of hydrogen-bond donors (Lipinski definition) is 0. The van der Waals surface area contributed by atoms with Gasteiger partial charge in [0.25, 0.3) is 0 Å². The van der Waals surface area contributed by atoms with Crippen molar-refractivity contribution in [1.82, 2.24) is 9.88 Å². The van der Waals surface area contributed by atoms with Crippen LogP contribution in [-0.4, -0.2) is 44.6 Å². The number of ether oxygens (including phenoxy) is 1. The highest BCUT2D eigenvalue weighted by molar-refractivity contribution is 7.84. The van der Waals surface area contributed by atoms with Crippen molar-refractivity contribution in [3.05, 3.63) is 16.6 Å². The summed E-state index contributed by atoms with van der Waals surface area (Å²) in [6.45, 7) is 6.93. The predicted octanol–water partition coefficient (Wildman–Crippen LogP) is 2.65. The van der Waals surface area contributed by atoms with Gasteiger partial charge in [-0.2, -0.15) is 0 Å². The minimum absolute atomic E-state index is 0.266. The molecule has 2 atom stereocenters. The van der Waals surface area contributed by atoms with Gasteiger partial charge in [0, 0.05) is 40.7 Å². The Morgan fingerprint density at radius 2 is 2.33 bits per heavy atom. The molecule has 0 saturated carbocycles. The number of aromatic nitrogens is 1. The summed E-state index contributed by atoms with van der Waals surface area (Å²) in [5.74, 6) is 1.50. The smallest absolute Gasteiger partial charge is 0.410 e. The van der Waals surface area contributed by atoms with Crippen LogP contribution in [0.1, 0.15) is 32.1 Å². The number of rotatable bonds is 4. The third-order valence-electron chi connectivity index (χ3n) is 3.15. The van der Waals surface area contributed by atoms with E-state index >= 15 is 0 Å². The molecule has 21 heavy (non-hydrogen) atoms. The van der Waals surface area contributed by atoms with E-state index < -0.39 is 16.4 Å². The Kier molecular flexibility index (Phi) is 5.37. The van der Waals surface area contributed by atoms with E-state index in [9.17, 15) is 9.00 Å². The average Bonchev–Trinajstić information content (AvgIpc) is 2.98. The van der Waals surface area contributed by atoms with Crippen LogP contribution in [0.2, 0.25) is 0 Å². The van der Waals surface area contributed by atoms with Crippen LogP contribution in [0.15, 0.2) is 11.7 Å². The molecule has 2 heterocycles. The second-order valence-electron chi connectivity index (χ2n) is 6.30. The number of thiazole rings is 1. The van der Waals surface area contributed by atoms with Crippen LogP contribution in [0.4, 0.5) is 4.79 Å². The molecule has 0 aromatic carbocycles. The molecule has 1 aliphatic rings. The lowest BCUT2D eigenvalue weighted by molar-refractivity contribution is 0.0289. The molecule has 1 aromatic rings. The topological polar surface area (TPSA) is 59.5 Å². The fourth-order valence-corrected chi connectivity index (χ4v) is 4.61. The summed E-state index contributed by atoms with van der Waals surface area (Å²) in [7, 11) is -0.895. The summed E-state index contributed by atoms with van der Waals surface area (Å²) >= 11 is 1.53. The van der Waals surface area contributed by atoms with Gasteiger partial charge < -0.3 is 9.64 Å². The highest BCUT2D eigenvalue weighted by Gasteiger charge is 2.30. The molecule has 1 amide bonds. The molecule has 0 N–H and O–H groups in total. The van der Waals surface area contributed by atoms with Crippen LogP contribution in [0.3, 0.4) is 0 Å². The summed E-state index contributed by atoms with van der Waals surface area (Å²) in [6, 6.07) is 0. The van der Waals surface area contributed by atoms with Gasteiger partial charge in [0.05, 0.1) is 11.3 Å². The monoisotopic (exact) mass is 330 g/mol. The molecule has 0 spiro atoms. The largest absolute Gasteiger partial charge is 0.444 e. The van der Waals surface area contributed by atoms with Gasteiger partial charge in [0.1, 0.15) is 5.60 Å². The first-order valence-corrected chi connectivity index (χ1v) is 9.40. The molecule has 1 aromatic heterocycles. The first kappa shape index (κ1) is 16.4. The zero-order valence-electron chi connectivity index (χ0n) is 12.7. The first-order valence-electron chi connectivity index (χ1n) is 7.04. The highest BCUT2D eigenvalue weighted by atomic mass is 32.2. The number of hydrogen-bond acceptors (Lipinski definition) is 5. The lowest BCUT2D eigenvalue weighted by Gasteiger charge is -2.24. The molecule has 5 nitrogen and oxygen atoms in total. The Hall–Kier alpha value is -0.950. The molecule has 0 bridgehead atoms. The maximum atomic E-state index is 12.1. The van der Waals surface area contributed by atoms with Crippen LogP contribution in [0.5, 0.6) is 0 Å². The Labute approximate surface area is 132 Å². The van der Waals surface area contributed by atoms with Gasteiger partial charge in [-0.15, -0.1) is 11.3 Å². The second kappa shape index (κ2) is 6.87. The summed E-state index contributed by atoms with van der Waals surface area (Å²) in [4.78, 5) is 18.7. The van der Waals surface area contributed by atoms with Crippen molar-refractivity contribution in [3.8, 4) is 0 Å². The Balaban J connectivity index is 1.77. The molecule has 2 rings (SSSR count). The standard InChI is InChI=1S/C14H22N2O3S2/c1-14(2,3)19-13(17)16-5-4-11(7-16)8-21(18)9-12-6-15-10-20-12/h6,10-11H,4-5,7-9H2,1-3H3/t11-,21+/m1/s1. The molecule has 1 fully saturated rings. The van der Waals surface area contributed by atoms with Gasteiger partial charge in [0.2, 0.25) is 0 Å². The van der Waals surface area contributed by atoms with E-state index in [2.05, 4.69) is 4.98 Å². The van der Waals surface area contributed by atoms with E-state index in [-0.39, 0.29) is 6.09 Å². The molecule has 1 saturated heterocycles. The van der Waals surface area contributed by atoms with Gasteiger partial charge in [-0.05, 0) is 33.1 Å². The van der Waals surface area contributed by atoms with Crippen LogP contribution < -0.4 is 0 Å². The normalized spacial score (nSPS) is 20.5. The summed E-state index contributed by atoms with van der Waals surface area (Å²) in [6.07, 6.45) is 2.40. The molecule has 118 valence electrons. The fraction of sp³-hybridized carbons (Fsp3) is 0.714. The zero-order chi connectivity index (χ0) is 15.5. The minimum atomic E-state index is -0.895. The van der Waals surface area contributed by atoms with E-state index in [1.807, 2.05) is 20.8 Å². The highest BCUT2D eigenvalue weighted by Crippen LogP contribution is 2.21. The van der Waals surface area contributed by atoms with Crippen molar-refractivity contribution in [3.63, 3.8) is 0 Å². The summed E-state index contributed by atoms with van der Waals surface area (Å²) in [5, 5.41) is 0. The number of nitrogens with zero attached hydrogens (tertiary/aromatic N) is 2.